The second-order valence-electron chi connectivity index (χ2n) is 8.24. The molecule has 2 aromatic carbocycles. The first-order valence-electron chi connectivity index (χ1n) is 11.0. The number of nitrogens with one attached hydrogen (secondary N) is 2. The number of carbonyl (C=O) groups is 2. The maximum absolute atomic E-state index is 12.8. The lowest BCUT2D eigenvalue weighted by atomic mass is 9.94. The number of piperidine rings is 1. The standard InChI is InChI=1S/C25H33N3O2/c1-3-8-22(18-20-10-5-4-6-11-20)26-24(29)21-13-15-28(16-14-21)25(30)27-23-12-7-9-19(2)17-23/h4-7,9-12,17,21-22H,3,8,13-16,18H2,1-2H3,(H,26,29)(H,27,30). The molecule has 0 saturated carbocycles. The quantitative estimate of drug-likeness (QED) is 0.695. The van der Waals surface area contributed by atoms with Crippen LogP contribution in [0.3, 0.4) is 0 Å². The van der Waals surface area contributed by atoms with Crippen molar-refractivity contribution in [3.8, 4) is 0 Å². The summed E-state index contributed by atoms with van der Waals surface area (Å²) in [7, 11) is 0. The molecule has 1 aliphatic heterocycles. The van der Waals surface area contributed by atoms with Gasteiger partial charge in [0.15, 0.2) is 0 Å². The van der Waals surface area contributed by atoms with E-state index < -0.39 is 0 Å². The van der Waals surface area contributed by atoms with Crippen LogP contribution in [-0.2, 0) is 11.2 Å². The number of anilines is 1. The molecule has 0 bridgehead atoms. The van der Waals surface area contributed by atoms with Crippen molar-refractivity contribution < 1.29 is 9.59 Å². The SMILES string of the molecule is CCCC(Cc1ccccc1)NC(=O)C1CCN(C(=O)Nc2cccc(C)c2)CC1. The Hall–Kier alpha value is -2.82. The van der Waals surface area contributed by atoms with Crippen LogP contribution in [0.25, 0.3) is 0 Å². The molecule has 2 aromatic rings. The molecule has 2 N–H and O–H groups in total. The number of rotatable bonds is 7. The summed E-state index contributed by atoms with van der Waals surface area (Å²) < 4.78 is 0. The molecule has 1 fully saturated rings. The fraction of sp³-hybridized carbons (Fsp3) is 0.440. The van der Waals surface area contributed by atoms with Crippen molar-refractivity contribution in [1.82, 2.24) is 10.2 Å². The fourth-order valence-electron chi connectivity index (χ4n) is 4.06. The Kier molecular flexibility index (Phi) is 7.89. The number of benzene rings is 2. The molecule has 1 aliphatic rings. The molecule has 1 heterocycles. The Morgan fingerprint density at radius 2 is 1.80 bits per heavy atom. The van der Waals surface area contributed by atoms with Gasteiger partial charge in [0.2, 0.25) is 5.91 Å². The van der Waals surface area contributed by atoms with E-state index in [2.05, 4.69) is 29.7 Å². The predicted molar refractivity (Wildman–Crippen MR) is 121 cm³/mol. The van der Waals surface area contributed by atoms with E-state index in [1.165, 1.54) is 5.56 Å². The van der Waals surface area contributed by atoms with Crippen LogP contribution in [-0.4, -0.2) is 36.0 Å². The Bertz CT molecular complexity index is 829. The number of urea groups is 1. The van der Waals surface area contributed by atoms with Gasteiger partial charge in [0.1, 0.15) is 0 Å². The highest BCUT2D eigenvalue weighted by Crippen LogP contribution is 2.20. The highest BCUT2D eigenvalue weighted by Gasteiger charge is 2.28. The van der Waals surface area contributed by atoms with Crippen LogP contribution in [0.15, 0.2) is 54.6 Å². The number of hydrogen-bond acceptors (Lipinski definition) is 2. The van der Waals surface area contributed by atoms with Crippen LogP contribution in [0.4, 0.5) is 10.5 Å². The van der Waals surface area contributed by atoms with Gasteiger partial charge in [-0.2, -0.15) is 0 Å². The molecule has 5 nitrogen and oxygen atoms in total. The molecule has 1 atom stereocenters. The van der Waals surface area contributed by atoms with E-state index in [1.54, 1.807) is 4.90 Å². The van der Waals surface area contributed by atoms with Gasteiger partial charge < -0.3 is 15.5 Å². The van der Waals surface area contributed by atoms with Gasteiger partial charge >= 0.3 is 6.03 Å². The first-order chi connectivity index (χ1) is 14.5. The summed E-state index contributed by atoms with van der Waals surface area (Å²) in [6, 6.07) is 18.2. The highest BCUT2D eigenvalue weighted by atomic mass is 16.2. The van der Waals surface area contributed by atoms with Crippen LogP contribution in [0, 0.1) is 12.8 Å². The summed E-state index contributed by atoms with van der Waals surface area (Å²) in [6.07, 6.45) is 4.28. The van der Waals surface area contributed by atoms with Crippen LogP contribution in [0.5, 0.6) is 0 Å². The molecule has 30 heavy (non-hydrogen) atoms. The molecule has 3 rings (SSSR count). The van der Waals surface area contributed by atoms with E-state index in [4.69, 9.17) is 0 Å². The third-order valence-corrected chi connectivity index (χ3v) is 5.73. The van der Waals surface area contributed by atoms with Crippen LogP contribution >= 0.6 is 0 Å². The molecule has 0 aromatic heterocycles. The number of likely N-dealkylation sites (tertiary alicyclic amines) is 1. The Morgan fingerprint density at radius 3 is 2.47 bits per heavy atom. The molecule has 1 unspecified atom stereocenters. The summed E-state index contributed by atoms with van der Waals surface area (Å²) in [5, 5.41) is 6.23. The van der Waals surface area contributed by atoms with E-state index in [0.717, 1.165) is 30.5 Å². The van der Waals surface area contributed by atoms with Gasteiger partial charge in [0.05, 0.1) is 0 Å². The third-order valence-electron chi connectivity index (χ3n) is 5.73. The predicted octanol–water partition coefficient (Wildman–Crippen LogP) is 4.77. The molecule has 0 aliphatic carbocycles. The average Bonchev–Trinajstić information content (AvgIpc) is 2.75. The Morgan fingerprint density at radius 1 is 1.07 bits per heavy atom. The summed E-state index contributed by atoms with van der Waals surface area (Å²) in [5.41, 5.74) is 3.17. The average molecular weight is 408 g/mol. The third kappa shape index (κ3) is 6.34. The number of amides is 3. The van der Waals surface area contributed by atoms with Crippen LogP contribution in [0.2, 0.25) is 0 Å². The maximum atomic E-state index is 12.8. The van der Waals surface area contributed by atoms with Crippen LogP contribution in [0.1, 0.15) is 43.7 Å². The normalized spacial score (nSPS) is 15.5. The molecule has 3 amide bonds. The van der Waals surface area contributed by atoms with Crippen molar-refractivity contribution in [2.24, 2.45) is 5.92 Å². The van der Waals surface area contributed by atoms with Crippen molar-refractivity contribution >= 4 is 17.6 Å². The summed E-state index contributed by atoms with van der Waals surface area (Å²) in [6.45, 7) is 5.36. The first-order valence-corrected chi connectivity index (χ1v) is 11.0. The Balaban J connectivity index is 1.48. The molecule has 0 radical (unpaired) electrons. The zero-order valence-electron chi connectivity index (χ0n) is 18.1. The zero-order valence-corrected chi connectivity index (χ0v) is 18.1. The lowest BCUT2D eigenvalue weighted by molar-refractivity contribution is -0.127. The van der Waals surface area contributed by atoms with E-state index in [1.807, 2.05) is 49.4 Å². The number of nitrogens with zero attached hydrogens (tertiary/aromatic N) is 1. The summed E-state index contributed by atoms with van der Waals surface area (Å²) >= 11 is 0. The van der Waals surface area contributed by atoms with E-state index in [9.17, 15) is 9.59 Å². The first kappa shape index (κ1) is 21.9. The van der Waals surface area contributed by atoms with E-state index in [-0.39, 0.29) is 23.9 Å². The van der Waals surface area contributed by atoms with Crippen molar-refractivity contribution in [2.75, 3.05) is 18.4 Å². The van der Waals surface area contributed by atoms with Crippen molar-refractivity contribution in [3.63, 3.8) is 0 Å². The molecule has 5 heteroatoms. The molecule has 160 valence electrons. The molecule has 0 spiro atoms. The minimum absolute atomic E-state index is 0.0249. The lowest BCUT2D eigenvalue weighted by Gasteiger charge is -2.32. The smallest absolute Gasteiger partial charge is 0.321 e. The van der Waals surface area contributed by atoms with Crippen molar-refractivity contribution in [1.29, 1.82) is 0 Å². The summed E-state index contributed by atoms with van der Waals surface area (Å²) in [5.74, 6) is 0.103. The molecular formula is C25H33N3O2. The van der Waals surface area contributed by atoms with E-state index >= 15 is 0 Å². The maximum Gasteiger partial charge on any atom is 0.321 e. The van der Waals surface area contributed by atoms with Crippen molar-refractivity contribution in [3.05, 3.63) is 65.7 Å². The van der Waals surface area contributed by atoms with Gasteiger partial charge in [-0.1, -0.05) is 55.8 Å². The monoisotopic (exact) mass is 407 g/mol. The second kappa shape index (κ2) is 10.8. The zero-order chi connectivity index (χ0) is 21.3. The van der Waals surface area contributed by atoms with Gasteiger partial charge in [-0.25, -0.2) is 4.79 Å². The van der Waals surface area contributed by atoms with Gasteiger partial charge in [0.25, 0.3) is 0 Å². The fourth-order valence-corrected chi connectivity index (χ4v) is 4.06. The minimum Gasteiger partial charge on any atom is -0.353 e. The summed E-state index contributed by atoms with van der Waals surface area (Å²) in [4.78, 5) is 27.2. The van der Waals surface area contributed by atoms with E-state index in [0.29, 0.717) is 25.9 Å². The Labute approximate surface area is 179 Å². The van der Waals surface area contributed by atoms with Gasteiger partial charge in [-0.15, -0.1) is 0 Å². The van der Waals surface area contributed by atoms with Gasteiger partial charge in [-0.05, 0) is 55.9 Å². The minimum atomic E-state index is -0.0904. The van der Waals surface area contributed by atoms with Gasteiger partial charge in [-0.3, -0.25) is 4.79 Å². The number of aryl methyl sites for hydroxylation is 1. The van der Waals surface area contributed by atoms with Crippen LogP contribution < -0.4 is 10.6 Å². The molecule has 1 saturated heterocycles. The topological polar surface area (TPSA) is 61.4 Å². The van der Waals surface area contributed by atoms with Gasteiger partial charge in [0, 0.05) is 30.7 Å². The lowest BCUT2D eigenvalue weighted by Crippen LogP contribution is -2.46. The molecular weight excluding hydrogens is 374 g/mol. The second-order valence-corrected chi connectivity index (χ2v) is 8.24. The largest absolute Gasteiger partial charge is 0.353 e. The number of hydrogen-bond donors (Lipinski definition) is 2. The number of carbonyl (C=O) groups excluding carboxylic acids is 2. The van der Waals surface area contributed by atoms with Crippen molar-refractivity contribution in [2.45, 2.75) is 52.0 Å². The highest BCUT2D eigenvalue weighted by molar-refractivity contribution is 5.89.